The average Bonchev–Trinajstić information content (AvgIpc) is 2.98. The molecule has 0 saturated carbocycles. The van der Waals surface area contributed by atoms with Crippen molar-refractivity contribution >= 4 is 17.3 Å². The van der Waals surface area contributed by atoms with Crippen LogP contribution in [-0.4, -0.2) is 42.5 Å². The molecule has 0 bridgehead atoms. The highest BCUT2D eigenvalue weighted by molar-refractivity contribution is 6.33. The molecule has 4 heteroatoms. The maximum absolute atomic E-state index is 5.98. The molecule has 0 atom stereocenters. The lowest BCUT2D eigenvalue weighted by Crippen LogP contribution is -2.37. The summed E-state index contributed by atoms with van der Waals surface area (Å²) in [6, 6.07) is 6.01. The number of nitrogens with zero attached hydrogens (tertiary/aromatic N) is 2. The fourth-order valence-electron chi connectivity index (χ4n) is 3.61. The Labute approximate surface area is 133 Å². The second-order valence-electron chi connectivity index (χ2n) is 6.58. The van der Waals surface area contributed by atoms with Crippen molar-refractivity contribution in [2.75, 3.05) is 38.5 Å². The molecule has 0 radical (unpaired) electrons. The largest absolute Gasteiger partial charge is 0.398 e. The summed E-state index contributed by atoms with van der Waals surface area (Å²) < 4.78 is 0. The number of nitrogen functional groups attached to an aromatic ring is 1. The van der Waals surface area contributed by atoms with E-state index in [4.69, 9.17) is 17.3 Å². The Kier molecular flexibility index (Phi) is 5.04. The first-order valence-electron chi connectivity index (χ1n) is 8.19. The number of benzene rings is 1. The molecule has 3 rings (SSSR count). The minimum atomic E-state index is 0.656. The second kappa shape index (κ2) is 6.99. The van der Waals surface area contributed by atoms with Crippen LogP contribution < -0.4 is 5.73 Å². The molecule has 2 aliphatic rings. The van der Waals surface area contributed by atoms with Crippen LogP contribution in [0.5, 0.6) is 0 Å². The van der Waals surface area contributed by atoms with Crippen molar-refractivity contribution in [2.45, 2.75) is 32.2 Å². The third-order valence-corrected chi connectivity index (χ3v) is 5.23. The van der Waals surface area contributed by atoms with Gasteiger partial charge in [0.2, 0.25) is 0 Å². The van der Waals surface area contributed by atoms with Crippen LogP contribution in [0.4, 0.5) is 5.69 Å². The predicted molar refractivity (Wildman–Crippen MR) is 89.5 cm³/mol. The quantitative estimate of drug-likeness (QED) is 0.867. The van der Waals surface area contributed by atoms with Crippen LogP contribution in [0.15, 0.2) is 18.2 Å². The van der Waals surface area contributed by atoms with Gasteiger partial charge in [-0.25, -0.2) is 0 Å². The van der Waals surface area contributed by atoms with Crippen LogP contribution in [0, 0.1) is 5.92 Å². The zero-order valence-corrected chi connectivity index (χ0v) is 13.5. The Bertz CT molecular complexity index is 463. The van der Waals surface area contributed by atoms with Crippen LogP contribution in [0.2, 0.25) is 5.02 Å². The molecule has 21 heavy (non-hydrogen) atoms. The van der Waals surface area contributed by atoms with Gasteiger partial charge in [-0.3, -0.25) is 4.90 Å². The van der Waals surface area contributed by atoms with E-state index in [0.717, 1.165) is 12.5 Å². The van der Waals surface area contributed by atoms with Crippen LogP contribution >= 0.6 is 11.6 Å². The number of nitrogens with two attached hydrogens (primary N) is 1. The molecular weight excluding hydrogens is 282 g/mol. The van der Waals surface area contributed by atoms with E-state index in [9.17, 15) is 0 Å². The van der Waals surface area contributed by atoms with Crippen molar-refractivity contribution in [1.29, 1.82) is 0 Å². The minimum absolute atomic E-state index is 0.656. The maximum Gasteiger partial charge on any atom is 0.0635 e. The van der Waals surface area contributed by atoms with Crippen LogP contribution in [0.1, 0.15) is 31.2 Å². The average molecular weight is 308 g/mol. The summed E-state index contributed by atoms with van der Waals surface area (Å²) in [5.41, 5.74) is 7.85. The fourth-order valence-corrected chi connectivity index (χ4v) is 3.72. The van der Waals surface area contributed by atoms with Crippen molar-refractivity contribution < 1.29 is 0 Å². The summed E-state index contributed by atoms with van der Waals surface area (Å²) in [6.45, 7) is 7.39. The van der Waals surface area contributed by atoms with Crippen molar-refractivity contribution in [1.82, 2.24) is 9.80 Å². The molecule has 0 aromatic heterocycles. The summed E-state index contributed by atoms with van der Waals surface area (Å²) in [4.78, 5) is 5.20. The van der Waals surface area contributed by atoms with Gasteiger partial charge in [0.1, 0.15) is 0 Å². The van der Waals surface area contributed by atoms with Crippen LogP contribution in [0.25, 0.3) is 0 Å². The number of hydrogen-bond donors (Lipinski definition) is 1. The second-order valence-corrected chi connectivity index (χ2v) is 6.99. The molecule has 116 valence electrons. The van der Waals surface area contributed by atoms with E-state index >= 15 is 0 Å². The van der Waals surface area contributed by atoms with E-state index in [2.05, 4.69) is 15.9 Å². The van der Waals surface area contributed by atoms with Gasteiger partial charge in [0, 0.05) is 13.1 Å². The molecule has 0 amide bonds. The maximum atomic E-state index is 5.98. The van der Waals surface area contributed by atoms with E-state index in [1.165, 1.54) is 64.0 Å². The number of likely N-dealkylation sites (tertiary alicyclic amines) is 2. The zero-order chi connectivity index (χ0) is 14.7. The van der Waals surface area contributed by atoms with Gasteiger partial charge in [-0.05, 0) is 75.5 Å². The van der Waals surface area contributed by atoms with Crippen molar-refractivity contribution in [3.8, 4) is 0 Å². The lowest BCUT2D eigenvalue weighted by atomic mass is 9.96. The molecule has 1 aromatic rings. The number of hydrogen-bond acceptors (Lipinski definition) is 3. The lowest BCUT2D eigenvalue weighted by Gasteiger charge is -2.33. The Morgan fingerprint density at radius 1 is 1.05 bits per heavy atom. The highest BCUT2D eigenvalue weighted by Crippen LogP contribution is 2.24. The summed E-state index contributed by atoms with van der Waals surface area (Å²) >= 11 is 5.98. The normalized spacial score (nSPS) is 22.0. The SMILES string of the molecule is Nc1cc(CN2CCC(CN3CCCC3)CC2)ccc1Cl. The third kappa shape index (κ3) is 4.12. The van der Waals surface area contributed by atoms with Gasteiger partial charge in [-0.2, -0.15) is 0 Å². The molecule has 2 N–H and O–H groups in total. The van der Waals surface area contributed by atoms with Gasteiger partial charge in [-0.1, -0.05) is 17.7 Å². The third-order valence-electron chi connectivity index (χ3n) is 4.89. The van der Waals surface area contributed by atoms with Gasteiger partial charge < -0.3 is 10.6 Å². The first-order valence-corrected chi connectivity index (χ1v) is 8.57. The summed E-state index contributed by atoms with van der Waals surface area (Å²) in [7, 11) is 0. The standard InChI is InChI=1S/C17H26ClN3/c18-16-4-3-15(11-17(16)19)13-21-9-5-14(6-10-21)12-20-7-1-2-8-20/h3-4,11,14H,1-2,5-10,12-13,19H2. The Hall–Kier alpha value is -0.770. The number of piperidine rings is 1. The highest BCUT2D eigenvalue weighted by atomic mass is 35.5. The van der Waals surface area contributed by atoms with Crippen molar-refractivity contribution in [3.63, 3.8) is 0 Å². The summed E-state index contributed by atoms with van der Waals surface area (Å²) in [5.74, 6) is 0.898. The molecule has 3 nitrogen and oxygen atoms in total. The molecule has 0 aliphatic carbocycles. The predicted octanol–water partition coefficient (Wildman–Crippen LogP) is 3.23. The van der Waals surface area contributed by atoms with Gasteiger partial charge in [0.15, 0.2) is 0 Å². The molecule has 2 saturated heterocycles. The van der Waals surface area contributed by atoms with Crippen molar-refractivity contribution in [2.24, 2.45) is 5.92 Å². The van der Waals surface area contributed by atoms with Gasteiger partial charge in [0.25, 0.3) is 0 Å². The fraction of sp³-hybridized carbons (Fsp3) is 0.647. The number of anilines is 1. The number of rotatable bonds is 4. The lowest BCUT2D eigenvalue weighted by molar-refractivity contribution is 0.149. The molecular formula is C17H26ClN3. The van der Waals surface area contributed by atoms with Gasteiger partial charge >= 0.3 is 0 Å². The first-order chi connectivity index (χ1) is 10.2. The van der Waals surface area contributed by atoms with Gasteiger partial charge in [-0.15, -0.1) is 0 Å². The Morgan fingerprint density at radius 2 is 1.76 bits per heavy atom. The molecule has 2 heterocycles. The van der Waals surface area contributed by atoms with Gasteiger partial charge in [0.05, 0.1) is 10.7 Å². The molecule has 2 aliphatic heterocycles. The van der Waals surface area contributed by atoms with Crippen LogP contribution in [0.3, 0.4) is 0 Å². The summed E-state index contributed by atoms with van der Waals surface area (Å²) in [6.07, 6.45) is 5.47. The van der Waals surface area contributed by atoms with Crippen molar-refractivity contribution in [3.05, 3.63) is 28.8 Å². The molecule has 2 fully saturated rings. The Morgan fingerprint density at radius 3 is 2.43 bits per heavy atom. The zero-order valence-electron chi connectivity index (χ0n) is 12.7. The van der Waals surface area contributed by atoms with E-state index in [1.807, 2.05) is 12.1 Å². The molecule has 1 aromatic carbocycles. The Balaban J connectivity index is 1.45. The number of halogens is 1. The summed E-state index contributed by atoms with van der Waals surface area (Å²) in [5, 5.41) is 0.656. The van der Waals surface area contributed by atoms with E-state index in [-0.39, 0.29) is 0 Å². The van der Waals surface area contributed by atoms with E-state index in [0.29, 0.717) is 10.7 Å². The van der Waals surface area contributed by atoms with Crippen LogP contribution in [-0.2, 0) is 6.54 Å². The monoisotopic (exact) mass is 307 g/mol. The van der Waals surface area contributed by atoms with E-state index in [1.54, 1.807) is 0 Å². The first kappa shape index (κ1) is 15.1. The topological polar surface area (TPSA) is 32.5 Å². The molecule has 0 unspecified atom stereocenters. The highest BCUT2D eigenvalue weighted by Gasteiger charge is 2.22. The smallest absolute Gasteiger partial charge is 0.0635 e. The minimum Gasteiger partial charge on any atom is -0.398 e. The molecule has 0 spiro atoms. The van der Waals surface area contributed by atoms with E-state index < -0.39 is 0 Å².